The highest BCUT2D eigenvalue weighted by atomic mass is 16.6. The smallest absolute Gasteiger partial charge is 0.306 e. The highest BCUT2D eigenvalue weighted by Crippen LogP contribution is 2.15. The van der Waals surface area contributed by atoms with E-state index in [1.165, 1.54) is 96.3 Å². The molecule has 0 aliphatic rings. The Morgan fingerprint density at radius 2 is 0.966 bits per heavy atom. The minimum atomic E-state index is -1.13. The van der Waals surface area contributed by atoms with Gasteiger partial charge in [0.2, 0.25) is 0 Å². The molecular weight excluding hydrogens is 727 g/mol. The number of hydrogen-bond donors (Lipinski definition) is 0. The molecule has 0 bridgehead atoms. The number of carboxylic acid groups (broad SMARTS) is 1. The number of hydrogen-bond acceptors (Lipinski definition) is 7. The third-order valence-electron chi connectivity index (χ3n) is 10.5. The molecule has 0 saturated heterocycles. The van der Waals surface area contributed by atoms with Crippen LogP contribution in [0.5, 0.6) is 0 Å². The first-order valence-corrected chi connectivity index (χ1v) is 23.7. The van der Waals surface area contributed by atoms with Crippen molar-refractivity contribution in [1.29, 1.82) is 0 Å². The summed E-state index contributed by atoms with van der Waals surface area (Å²) >= 11 is 0. The molecule has 58 heavy (non-hydrogen) atoms. The lowest BCUT2D eigenvalue weighted by atomic mass is 10.0. The van der Waals surface area contributed by atoms with E-state index in [0.29, 0.717) is 6.42 Å². The third kappa shape index (κ3) is 38.8. The topological polar surface area (TPSA) is 102 Å². The number of carboxylic acids is 1. The van der Waals surface area contributed by atoms with Gasteiger partial charge in [-0.15, -0.1) is 0 Å². The molecular formula is C50H89NO7. The molecule has 2 atom stereocenters. The zero-order valence-electron chi connectivity index (χ0n) is 38.2. The Labute approximate surface area is 356 Å². The summed E-state index contributed by atoms with van der Waals surface area (Å²) in [6.45, 7) is 4.53. The summed E-state index contributed by atoms with van der Waals surface area (Å²) < 4.78 is 17.2. The maximum atomic E-state index is 12.7. The van der Waals surface area contributed by atoms with Crippen LogP contribution >= 0.6 is 0 Å². The Hall–Kier alpha value is -2.71. The maximum Gasteiger partial charge on any atom is 0.306 e. The second-order valence-corrected chi connectivity index (χ2v) is 17.0. The van der Waals surface area contributed by atoms with Crippen LogP contribution in [-0.2, 0) is 28.6 Å². The summed E-state index contributed by atoms with van der Waals surface area (Å²) in [5, 5.41) is 11.6. The summed E-state index contributed by atoms with van der Waals surface area (Å²) in [5.41, 5.74) is 0. The fourth-order valence-corrected chi connectivity index (χ4v) is 6.83. The van der Waals surface area contributed by atoms with E-state index in [-0.39, 0.29) is 49.1 Å². The number of likely N-dealkylation sites (N-methyl/N-ethyl adjacent to an activating group) is 1. The van der Waals surface area contributed by atoms with Gasteiger partial charge >= 0.3 is 11.9 Å². The molecule has 0 spiro atoms. The van der Waals surface area contributed by atoms with E-state index < -0.39 is 18.1 Å². The molecule has 0 N–H and O–H groups in total. The summed E-state index contributed by atoms with van der Waals surface area (Å²) in [7, 11) is 5.40. The Morgan fingerprint density at radius 1 is 0.534 bits per heavy atom. The van der Waals surface area contributed by atoms with Gasteiger partial charge in [0.25, 0.3) is 0 Å². The van der Waals surface area contributed by atoms with E-state index in [0.717, 1.165) is 70.6 Å². The average Bonchev–Trinajstić information content (AvgIpc) is 3.18. The number of rotatable bonds is 42. The summed E-state index contributed by atoms with van der Waals surface area (Å²) in [6.07, 6.45) is 48.5. The van der Waals surface area contributed by atoms with Gasteiger partial charge in [0.1, 0.15) is 12.6 Å². The second kappa shape index (κ2) is 41.0. The molecule has 0 radical (unpaired) electrons. The van der Waals surface area contributed by atoms with E-state index in [4.69, 9.17) is 14.2 Å². The van der Waals surface area contributed by atoms with Crippen LogP contribution in [0.4, 0.5) is 0 Å². The Balaban J connectivity index is 4.33. The fraction of sp³-hybridized carbons (Fsp3) is 0.780. The number of esters is 2. The number of nitrogens with zero attached hydrogens (tertiary/aromatic N) is 1. The normalized spacial score (nSPS) is 13.3. The lowest BCUT2D eigenvalue weighted by Crippen LogP contribution is -2.55. The van der Waals surface area contributed by atoms with Crippen molar-refractivity contribution in [2.75, 3.05) is 41.0 Å². The van der Waals surface area contributed by atoms with Crippen LogP contribution in [0.3, 0.4) is 0 Å². The molecule has 8 heteroatoms. The minimum Gasteiger partial charge on any atom is -0.544 e. The Kier molecular flexibility index (Phi) is 39.1. The molecule has 0 heterocycles. The average molecular weight is 816 g/mol. The van der Waals surface area contributed by atoms with Gasteiger partial charge in [-0.05, 0) is 51.4 Å². The number of ether oxygens (including phenoxy) is 3. The fourth-order valence-electron chi connectivity index (χ4n) is 6.83. The predicted molar refractivity (Wildman–Crippen MR) is 240 cm³/mol. The molecule has 0 aromatic carbocycles. The first-order valence-electron chi connectivity index (χ1n) is 23.7. The minimum absolute atomic E-state index is 0.0287. The number of allylic oxidation sites excluding steroid dienone is 8. The zero-order chi connectivity index (χ0) is 42.8. The van der Waals surface area contributed by atoms with Crippen molar-refractivity contribution >= 4 is 17.9 Å². The van der Waals surface area contributed by atoms with Crippen molar-refractivity contribution in [3.05, 3.63) is 48.6 Å². The highest BCUT2D eigenvalue weighted by molar-refractivity contribution is 5.70. The summed E-state index contributed by atoms with van der Waals surface area (Å²) in [4.78, 5) is 36.9. The molecule has 0 aliphatic heterocycles. The lowest BCUT2D eigenvalue weighted by molar-refractivity contribution is -0.889. The van der Waals surface area contributed by atoms with Gasteiger partial charge in [0.05, 0.1) is 40.3 Å². The van der Waals surface area contributed by atoms with Crippen LogP contribution in [0.15, 0.2) is 48.6 Å². The van der Waals surface area contributed by atoms with Crippen molar-refractivity contribution in [2.45, 2.75) is 212 Å². The van der Waals surface area contributed by atoms with E-state index in [9.17, 15) is 19.5 Å². The second-order valence-electron chi connectivity index (χ2n) is 17.0. The van der Waals surface area contributed by atoms with Crippen molar-refractivity contribution < 1.29 is 38.2 Å². The van der Waals surface area contributed by atoms with Gasteiger partial charge in [-0.1, -0.05) is 178 Å². The quantitative estimate of drug-likeness (QED) is 0.0262. The number of carbonyl (C=O) groups is 3. The van der Waals surface area contributed by atoms with E-state index in [1.54, 1.807) is 21.1 Å². The van der Waals surface area contributed by atoms with Crippen LogP contribution in [0, 0.1) is 0 Å². The number of unbranched alkanes of at least 4 members (excludes halogenated alkanes) is 20. The highest BCUT2D eigenvalue weighted by Gasteiger charge is 2.25. The first-order chi connectivity index (χ1) is 28.1. The monoisotopic (exact) mass is 816 g/mol. The summed E-state index contributed by atoms with van der Waals surface area (Å²) in [5.74, 6) is -1.77. The van der Waals surface area contributed by atoms with Gasteiger partial charge in [-0.2, -0.15) is 0 Å². The molecule has 8 nitrogen and oxygen atoms in total. The molecule has 2 unspecified atom stereocenters. The van der Waals surface area contributed by atoms with Crippen LogP contribution < -0.4 is 5.11 Å². The van der Waals surface area contributed by atoms with Crippen molar-refractivity contribution in [3.63, 3.8) is 0 Å². The Morgan fingerprint density at radius 3 is 1.43 bits per heavy atom. The third-order valence-corrected chi connectivity index (χ3v) is 10.5. The first kappa shape index (κ1) is 55.3. The number of aliphatic carboxylic acids is 1. The van der Waals surface area contributed by atoms with Crippen molar-refractivity contribution in [1.82, 2.24) is 0 Å². The van der Waals surface area contributed by atoms with Gasteiger partial charge in [-0.3, -0.25) is 9.59 Å². The predicted octanol–water partition coefficient (Wildman–Crippen LogP) is 11.9. The van der Waals surface area contributed by atoms with Crippen LogP contribution in [0.2, 0.25) is 0 Å². The molecule has 0 rings (SSSR count). The lowest BCUT2D eigenvalue weighted by Gasteiger charge is -2.34. The number of quaternary nitrogens is 1. The maximum absolute atomic E-state index is 12.7. The van der Waals surface area contributed by atoms with E-state index >= 15 is 0 Å². The van der Waals surface area contributed by atoms with E-state index in [1.807, 2.05) is 0 Å². The largest absolute Gasteiger partial charge is 0.544 e. The van der Waals surface area contributed by atoms with E-state index in [2.05, 4.69) is 62.5 Å². The van der Waals surface area contributed by atoms with Crippen LogP contribution in [0.25, 0.3) is 0 Å². The molecule has 0 aromatic heterocycles. The van der Waals surface area contributed by atoms with Crippen molar-refractivity contribution in [3.8, 4) is 0 Å². The van der Waals surface area contributed by atoms with Gasteiger partial charge in [0, 0.05) is 19.3 Å². The summed E-state index contributed by atoms with van der Waals surface area (Å²) in [6, 6.07) is -0.732. The molecule has 0 aliphatic carbocycles. The van der Waals surface area contributed by atoms with Crippen molar-refractivity contribution in [2.24, 2.45) is 0 Å². The standard InChI is InChI=1S/C50H89NO7/c1-6-8-10-12-14-16-18-20-22-24-25-27-28-30-32-34-36-38-40-48(52)57-45-46(44-56-43-42-47(50(54)55)51(3,4)5)58-49(53)41-39-37-35-33-31-29-26-23-21-19-17-15-13-11-9-7-2/h9,11,15,17,21,23,29,31,46-47H,6-8,10,12-14,16,18-20,22,24-28,30,32-45H2,1-5H3/b11-9+,17-15+,23-21+,31-29+. The van der Waals surface area contributed by atoms with Gasteiger partial charge in [-0.25, -0.2) is 0 Å². The molecule has 0 aromatic rings. The van der Waals surface area contributed by atoms with Gasteiger partial charge in [0.15, 0.2) is 6.10 Å². The SMILES string of the molecule is CC/C=C/C/C=C/C/C=C/C/C=C/CCCCCC(=O)OC(COCCC(C(=O)[O-])[N+](C)(C)C)COC(=O)CCCCCCCCCCCCCCCCCCCC. The zero-order valence-corrected chi connectivity index (χ0v) is 38.2. The molecule has 0 saturated carbocycles. The van der Waals surface area contributed by atoms with Crippen LogP contribution in [-0.4, -0.2) is 75.5 Å². The molecule has 336 valence electrons. The number of carbonyl (C=O) groups excluding carboxylic acids is 3. The molecule has 0 fully saturated rings. The molecule has 0 amide bonds. The van der Waals surface area contributed by atoms with Gasteiger partial charge < -0.3 is 28.6 Å². The Bertz CT molecular complexity index is 1090. The van der Waals surface area contributed by atoms with Crippen LogP contribution in [0.1, 0.15) is 200 Å².